The molecule has 0 atom stereocenters. The monoisotopic (exact) mass is 1300 g/mol. The molecule has 8 bridgehead atoms. The highest BCUT2D eigenvalue weighted by atomic mass is 16.5. The lowest BCUT2D eigenvalue weighted by Gasteiger charge is -2.22. The largest absolute Gasteiger partial charge is 0.492 e. The van der Waals surface area contributed by atoms with Crippen molar-refractivity contribution in [3.05, 3.63) is 146 Å². The van der Waals surface area contributed by atoms with Crippen molar-refractivity contribution in [3.63, 3.8) is 0 Å². The van der Waals surface area contributed by atoms with Gasteiger partial charge in [0, 0.05) is 44.5 Å². The van der Waals surface area contributed by atoms with Gasteiger partial charge in [0.15, 0.2) is 23.3 Å². The molecule has 0 fully saturated rings. The predicted molar refractivity (Wildman–Crippen MR) is 394 cm³/mol. The van der Waals surface area contributed by atoms with Crippen LogP contribution >= 0.6 is 0 Å². The van der Waals surface area contributed by atoms with Crippen LogP contribution in [0.1, 0.15) is 151 Å². The number of H-pyrrole nitrogens is 2. The quantitative estimate of drug-likeness (QED) is 0.0346. The van der Waals surface area contributed by atoms with Crippen LogP contribution in [0.5, 0.6) is 46.0 Å². The Hall–Kier alpha value is -9.44. The minimum atomic E-state index is 0.290. The maximum atomic E-state index is 7.10. The lowest BCUT2D eigenvalue weighted by Crippen LogP contribution is -2.09. The number of nitrogens with one attached hydrogen (secondary N) is 2. The minimum Gasteiger partial charge on any atom is -0.492 e. The van der Waals surface area contributed by atoms with Crippen molar-refractivity contribution >= 4 is 44.1 Å². The van der Waals surface area contributed by atoms with Gasteiger partial charge < -0.3 is 47.9 Å². The minimum absolute atomic E-state index is 0.290. The van der Waals surface area contributed by atoms with Crippen LogP contribution < -0.4 is 37.9 Å². The average molecular weight is 1300 g/mol. The number of fused-ring (bicyclic) bond motifs is 20. The topological polar surface area (TPSA) is 183 Å². The Morgan fingerprint density at radius 1 is 0.240 bits per heavy atom. The number of nitrogens with zero attached hydrogens (tertiary/aromatic N) is 6. The second-order valence-corrected chi connectivity index (χ2v) is 23.8. The molecule has 0 saturated carbocycles. The van der Waals surface area contributed by atoms with Crippen molar-refractivity contribution in [1.29, 1.82) is 0 Å². The van der Waals surface area contributed by atoms with Crippen LogP contribution in [0.2, 0.25) is 0 Å². The van der Waals surface area contributed by atoms with Gasteiger partial charge in [0.2, 0.25) is 0 Å². The number of hydrogen-bond donors (Lipinski definition) is 2. The molecule has 0 unspecified atom stereocenters. The molecule has 2 N–H and O–H groups in total. The Labute approximate surface area is 567 Å². The average Bonchev–Trinajstić information content (AvgIpc) is 1.55. The van der Waals surface area contributed by atoms with Gasteiger partial charge in [-0.1, -0.05) is 104 Å². The SMILES string of the molecule is C=CCc1c(CC=C)c(OCCC)c2c(c1OCCC)-c1nc-2nc2[nH]c(nc3nc(nc4[nH]c(n1)c1c(OCCC)c(CC=C)c(CC=C)c(OCCC)c41)-c1c(OCCC)c(CC=C)c(CC=C)c(OCCC)c1-3)c1c(OCCC)c(CC=C)c(CC=C)c(OCCC)c21. The van der Waals surface area contributed by atoms with E-state index >= 15 is 0 Å². The van der Waals surface area contributed by atoms with Crippen molar-refractivity contribution in [2.24, 2.45) is 0 Å². The van der Waals surface area contributed by atoms with Gasteiger partial charge in [-0.25, -0.2) is 29.9 Å². The number of rotatable bonds is 40. The highest BCUT2D eigenvalue weighted by Gasteiger charge is 2.38. The highest BCUT2D eigenvalue weighted by Crippen LogP contribution is 2.56. The number of aromatic amines is 2. The van der Waals surface area contributed by atoms with Gasteiger partial charge in [-0.3, -0.25) is 0 Å². The molecule has 0 spiro atoms. The summed E-state index contributed by atoms with van der Waals surface area (Å²) in [6.45, 7) is 54.0. The zero-order valence-corrected chi connectivity index (χ0v) is 58.2. The molecule has 9 rings (SSSR count). The van der Waals surface area contributed by atoms with Crippen LogP contribution in [0.15, 0.2) is 101 Å². The Balaban J connectivity index is 1.74. The maximum absolute atomic E-state index is 7.10. The fourth-order valence-corrected chi connectivity index (χ4v) is 12.7. The third kappa shape index (κ3) is 13.8. The van der Waals surface area contributed by atoms with Crippen LogP contribution in [0, 0.1) is 0 Å². The molecule has 2 aliphatic heterocycles. The normalized spacial score (nSPS) is 11.4. The van der Waals surface area contributed by atoms with Crippen LogP contribution in [0.25, 0.3) is 89.7 Å². The molecule has 3 aromatic heterocycles. The fourth-order valence-electron chi connectivity index (χ4n) is 12.7. The molecule has 96 heavy (non-hydrogen) atoms. The number of hydrogen-bond acceptors (Lipinski definition) is 14. The van der Waals surface area contributed by atoms with E-state index in [0.29, 0.717) is 268 Å². The van der Waals surface area contributed by atoms with Gasteiger partial charge in [0.1, 0.15) is 68.6 Å². The molecule has 5 heterocycles. The summed E-state index contributed by atoms with van der Waals surface area (Å²) in [7, 11) is 0. The van der Waals surface area contributed by atoms with Gasteiger partial charge in [0.05, 0.1) is 96.7 Å². The van der Waals surface area contributed by atoms with Crippen molar-refractivity contribution in [2.75, 3.05) is 52.9 Å². The van der Waals surface area contributed by atoms with E-state index in [1.54, 1.807) is 0 Å². The molecule has 0 radical (unpaired) electrons. The van der Waals surface area contributed by atoms with Gasteiger partial charge in [-0.2, -0.15) is 0 Å². The Morgan fingerprint density at radius 2 is 0.396 bits per heavy atom. The molecule has 4 aromatic carbocycles. The Kier molecular flexibility index (Phi) is 24.9. The molecule has 0 aliphatic carbocycles. The van der Waals surface area contributed by atoms with Gasteiger partial charge in [-0.05, 0) is 103 Å². The van der Waals surface area contributed by atoms with E-state index in [1.807, 2.05) is 48.6 Å². The van der Waals surface area contributed by atoms with Crippen molar-refractivity contribution in [3.8, 4) is 91.5 Å². The first-order valence-electron chi connectivity index (χ1n) is 34.6. The summed E-state index contributed by atoms with van der Waals surface area (Å²) >= 11 is 0. The molecule has 506 valence electrons. The molecular formula is C80H98N8O8. The summed E-state index contributed by atoms with van der Waals surface area (Å²) in [5, 5.41) is 2.45. The first-order valence-corrected chi connectivity index (χ1v) is 34.6. The molecule has 0 saturated heterocycles. The fraction of sp³-hybridized carbons (Fsp3) is 0.400. The Morgan fingerprint density at radius 3 is 0.552 bits per heavy atom. The molecular weight excluding hydrogens is 1200 g/mol. The van der Waals surface area contributed by atoms with E-state index in [-0.39, 0.29) is 23.3 Å². The summed E-state index contributed by atoms with van der Waals surface area (Å²) < 4.78 is 56.7. The van der Waals surface area contributed by atoms with E-state index in [0.717, 1.165) is 44.5 Å². The standard InChI is InChI=1S/C80H98N8O8/c1-17-33-49-50(34-18-2)66(90-42-26-10)58-57(65(49)89-41-25-9)73-81-74(58)86-76-61-62(70(94-46-30-14)54(38-22-6)53(37-21-5)69(61)93-45-29-13)78(83-76)88-80-64-63(71(95-47-31-15)55(39-23-7)56(40-24-8)72(64)96-48-32-16)79(84-80)87-77-60-59(75(82-77)85-73)67(91-43-27-11)51(35-19-3)52(36-20-4)68(60)92-44-28-12/h17-24H,1-8,25-48H2,9-16H3,(H2,81,82,83,84,85,86,87,88). The number of aromatic nitrogens is 8. The van der Waals surface area contributed by atoms with E-state index < -0.39 is 0 Å². The van der Waals surface area contributed by atoms with Crippen LogP contribution in [0.3, 0.4) is 0 Å². The highest BCUT2D eigenvalue weighted by molar-refractivity contribution is 6.15. The van der Waals surface area contributed by atoms with E-state index in [4.69, 9.17) is 67.8 Å². The van der Waals surface area contributed by atoms with Gasteiger partial charge in [-0.15, -0.1) is 52.6 Å². The second-order valence-electron chi connectivity index (χ2n) is 23.8. The molecule has 7 aromatic rings. The molecule has 2 aliphatic rings. The van der Waals surface area contributed by atoms with Crippen LogP contribution in [0.4, 0.5) is 0 Å². The zero-order chi connectivity index (χ0) is 68.4. The smallest absolute Gasteiger partial charge is 0.168 e. The zero-order valence-electron chi connectivity index (χ0n) is 58.2. The van der Waals surface area contributed by atoms with Crippen molar-refractivity contribution < 1.29 is 37.9 Å². The van der Waals surface area contributed by atoms with Crippen LogP contribution in [-0.2, 0) is 51.4 Å². The first kappa shape index (κ1) is 70.9. The van der Waals surface area contributed by atoms with E-state index in [2.05, 4.69) is 118 Å². The summed E-state index contributed by atoms with van der Waals surface area (Å²) in [5.74, 6) is 5.85. The van der Waals surface area contributed by atoms with Crippen molar-refractivity contribution in [2.45, 2.75) is 158 Å². The van der Waals surface area contributed by atoms with Crippen LogP contribution in [-0.4, -0.2) is 92.7 Å². The number of allylic oxidation sites excluding steroid dienone is 8. The lowest BCUT2D eigenvalue weighted by molar-refractivity contribution is 0.306. The summed E-state index contributed by atoms with van der Waals surface area (Å²) in [6, 6.07) is 0. The third-order valence-electron chi connectivity index (χ3n) is 16.5. The van der Waals surface area contributed by atoms with Crippen molar-refractivity contribution in [1.82, 2.24) is 39.9 Å². The molecule has 16 heteroatoms. The number of benzene rings is 4. The summed E-state index contributed by atoms with van der Waals surface area (Å²) in [4.78, 5) is 42.2. The summed E-state index contributed by atoms with van der Waals surface area (Å²) in [5.41, 5.74) is 10.9. The number of ether oxygens (including phenoxy) is 8. The predicted octanol–water partition coefficient (Wildman–Crippen LogP) is 19.0. The summed E-state index contributed by atoms with van der Waals surface area (Å²) in [6.07, 6.45) is 24.2. The maximum Gasteiger partial charge on any atom is 0.168 e. The van der Waals surface area contributed by atoms with Gasteiger partial charge >= 0.3 is 0 Å². The third-order valence-corrected chi connectivity index (χ3v) is 16.5. The van der Waals surface area contributed by atoms with Gasteiger partial charge in [0.25, 0.3) is 0 Å². The van der Waals surface area contributed by atoms with E-state index in [9.17, 15) is 0 Å². The Bertz CT molecular complexity index is 3740. The van der Waals surface area contributed by atoms with E-state index in [1.165, 1.54) is 0 Å². The lowest BCUT2D eigenvalue weighted by atomic mass is 9.91. The molecule has 16 nitrogen and oxygen atoms in total. The first-order chi connectivity index (χ1) is 47.0. The second kappa shape index (κ2) is 33.8. The molecule has 0 amide bonds.